The first kappa shape index (κ1) is 11.3. The van der Waals surface area contributed by atoms with Crippen LogP contribution in [0.25, 0.3) is 0 Å². The van der Waals surface area contributed by atoms with Crippen LogP contribution in [0.1, 0.15) is 42.1 Å². The van der Waals surface area contributed by atoms with E-state index in [1.54, 1.807) is 0 Å². The number of anilines is 1. The molecule has 0 bridgehead atoms. The Bertz CT molecular complexity index is 437. The van der Waals surface area contributed by atoms with Crippen molar-refractivity contribution in [3.63, 3.8) is 0 Å². The van der Waals surface area contributed by atoms with Crippen molar-refractivity contribution in [1.29, 1.82) is 0 Å². The Morgan fingerprint density at radius 3 is 2.81 bits per heavy atom. The fourth-order valence-corrected chi connectivity index (χ4v) is 2.55. The summed E-state index contributed by atoms with van der Waals surface area (Å²) >= 11 is 1.30. The van der Waals surface area contributed by atoms with Crippen molar-refractivity contribution in [2.24, 2.45) is 5.92 Å². The van der Waals surface area contributed by atoms with Gasteiger partial charge in [0.05, 0.1) is 10.6 Å². The number of Topliss-reactive ketones (excluding diaryl/α,β-unsaturated/α-hetero) is 1. The van der Waals surface area contributed by atoms with Gasteiger partial charge in [-0.3, -0.25) is 9.59 Å². The Morgan fingerprint density at radius 2 is 2.19 bits per heavy atom. The van der Waals surface area contributed by atoms with Gasteiger partial charge in [-0.25, -0.2) is 4.98 Å². The van der Waals surface area contributed by atoms with Crippen LogP contribution in [-0.4, -0.2) is 16.7 Å². The molecule has 0 saturated carbocycles. The van der Waals surface area contributed by atoms with Crippen LogP contribution in [0.3, 0.4) is 0 Å². The Hall–Kier alpha value is -1.23. The second-order valence-electron chi connectivity index (χ2n) is 4.22. The Kier molecular flexibility index (Phi) is 3.05. The van der Waals surface area contributed by atoms with E-state index < -0.39 is 0 Å². The summed E-state index contributed by atoms with van der Waals surface area (Å²) in [6, 6.07) is 0. The van der Waals surface area contributed by atoms with Crippen molar-refractivity contribution in [1.82, 2.24) is 4.98 Å². The van der Waals surface area contributed by atoms with Gasteiger partial charge in [0.1, 0.15) is 0 Å². The lowest BCUT2D eigenvalue weighted by Crippen LogP contribution is -2.17. The molecule has 0 radical (unpaired) electrons. The average Bonchev–Trinajstić information content (AvgIpc) is 2.61. The normalized spacial score (nSPS) is 15.1. The van der Waals surface area contributed by atoms with Crippen LogP contribution in [-0.2, 0) is 11.2 Å². The maximum Gasteiger partial charge on any atom is 0.228 e. The monoisotopic (exact) mass is 238 g/mol. The molecule has 0 aliphatic heterocycles. The molecule has 16 heavy (non-hydrogen) atoms. The maximum atomic E-state index is 11.6. The molecule has 86 valence electrons. The lowest BCUT2D eigenvalue weighted by molar-refractivity contribution is -0.118. The highest BCUT2D eigenvalue weighted by atomic mass is 32.1. The van der Waals surface area contributed by atoms with Crippen molar-refractivity contribution < 1.29 is 9.59 Å². The molecular formula is C11H14N2O2S. The third-order valence-electron chi connectivity index (χ3n) is 2.52. The van der Waals surface area contributed by atoms with E-state index in [-0.39, 0.29) is 17.6 Å². The van der Waals surface area contributed by atoms with Crippen LogP contribution < -0.4 is 5.32 Å². The quantitative estimate of drug-likeness (QED) is 0.859. The van der Waals surface area contributed by atoms with E-state index in [2.05, 4.69) is 10.3 Å². The summed E-state index contributed by atoms with van der Waals surface area (Å²) in [6.07, 6.45) is 2.31. The molecule has 0 spiro atoms. The van der Waals surface area contributed by atoms with E-state index in [1.165, 1.54) is 11.3 Å². The predicted molar refractivity (Wildman–Crippen MR) is 62.9 cm³/mol. The molecule has 1 aromatic heterocycles. The molecule has 0 saturated heterocycles. The van der Waals surface area contributed by atoms with Crippen molar-refractivity contribution in [3.05, 3.63) is 10.6 Å². The van der Waals surface area contributed by atoms with Crippen LogP contribution in [0.2, 0.25) is 0 Å². The summed E-state index contributed by atoms with van der Waals surface area (Å²) in [4.78, 5) is 28.1. The molecule has 1 N–H and O–H groups in total. The number of fused-ring (bicyclic) bond motifs is 1. The minimum atomic E-state index is -0.0726. The average molecular weight is 238 g/mol. The predicted octanol–water partition coefficient (Wildman–Crippen LogP) is 2.26. The number of aryl methyl sites for hydroxylation is 1. The number of hydrogen-bond donors (Lipinski definition) is 1. The molecule has 0 fully saturated rings. The Labute approximate surface area is 98.1 Å². The molecule has 5 heteroatoms. The number of nitrogens with one attached hydrogen (secondary N) is 1. The molecule has 1 amide bonds. The molecule has 1 aromatic rings. The summed E-state index contributed by atoms with van der Waals surface area (Å²) in [5, 5.41) is 3.29. The summed E-state index contributed by atoms with van der Waals surface area (Å²) in [5.74, 6) is 0.0268. The number of thiazole rings is 1. The Balaban J connectivity index is 2.18. The van der Waals surface area contributed by atoms with Gasteiger partial charge in [-0.15, -0.1) is 0 Å². The van der Waals surface area contributed by atoms with E-state index >= 15 is 0 Å². The Morgan fingerprint density at radius 1 is 1.44 bits per heavy atom. The summed E-state index contributed by atoms with van der Waals surface area (Å²) < 4.78 is 0. The second kappa shape index (κ2) is 4.33. The highest BCUT2D eigenvalue weighted by Gasteiger charge is 2.22. The molecule has 1 aliphatic rings. The maximum absolute atomic E-state index is 11.6. The van der Waals surface area contributed by atoms with Crippen molar-refractivity contribution >= 4 is 28.2 Å². The van der Waals surface area contributed by atoms with E-state index in [1.807, 2.05) is 13.8 Å². The van der Waals surface area contributed by atoms with Gasteiger partial charge in [-0.05, 0) is 12.8 Å². The second-order valence-corrected chi connectivity index (χ2v) is 5.21. The summed E-state index contributed by atoms with van der Waals surface area (Å²) in [5.41, 5.74) is 0.848. The van der Waals surface area contributed by atoms with Gasteiger partial charge in [0.15, 0.2) is 10.9 Å². The zero-order valence-electron chi connectivity index (χ0n) is 9.37. The number of aromatic nitrogens is 1. The zero-order valence-corrected chi connectivity index (χ0v) is 10.2. The van der Waals surface area contributed by atoms with Gasteiger partial charge < -0.3 is 5.32 Å². The van der Waals surface area contributed by atoms with Crippen molar-refractivity contribution in [2.45, 2.75) is 33.1 Å². The molecule has 1 heterocycles. The van der Waals surface area contributed by atoms with Gasteiger partial charge in [-0.2, -0.15) is 0 Å². The lowest BCUT2D eigenvalue weighted by Gasteiger charge is -2.05. The van der Waals surface area contributed by atoms with Gasteiger partial charge in [0, 0.05) is 12.3 Å². The number of nitrogens with zero attached hydrogens (tertiary/aromatic N) is 1. The molecule has 4 nitrogen and oxygen atoms in total. The van der Waals surface area contributed by atoms with Gasteiger partial charge in [0.2, 0.25) is 5.91 Å². The number of amides is 1. The highest BCUT2D eigenvalue weighted by molar-refractivity contribution is 7.17. The smallest absolute Gasteiger partial charge is 0.228 e. The van der Waals surface area contributed by atoms with Gasteiger partial charge in [-0.1, -0.05) is 25.2 Å². The number of carbonyl (C=O) groups excluding carboxylic acids is 2. The van der Waals surface area contributed by atoms with E-state index in [4.69, 9.17) is 0 Å². The van der Waals surface area contributed by atoms with Crippen LogP contribution in [0.5, 0.6) is 0 Å². The number of rotatable bonds is 2. The standard InChI is InChI=1S/C11H14N2O2S/c1-6(2)10(15)13-11-12-7-4-3-5-8(14)9(7)16-11/h6H,3-5H2,1-2H3,(H,12,13,15). The van der Waals surface area contributed by atoms with Gasteiger partial charge >= 0.3 is 0 Å². The van der Waals surface area contributed by atoms with Crippen molar-refractivity contribution in [2.75, 3.05) is 5.32 Å². The molecule has 0 unspecified atom stereocenters. The minimum absolute atomic E-state index is 0.0569. The van der Waals surface area contributed by atoms with E-state index in [0.29, 0.717) is 11.6 Å². The van der Waals surface area contributed by atoms with Crippen LogP contribution in [0, 0.1) is 5.92 Å². The zero-order chi connectivity index (χ0) is 11.7. The highest BCUT2D eigenvalue weighted by Crippen LogP contribution is 2.29. The molecular weight excluding hydrogens is 224 g/mol. The largest absolute Gasteiger partial charge is 0.302 e. The first-order valence-corrected chi connectivity index (χ1v) is 6.23. The number of carbonyl (C=O) groups is 2. The third-order valence-corrected chi connectivity index (χ3v) is 3.58. The number of hydrogen-bond acceptors (Lipinski definition) is 4. The lowest BCUT2D eigenvalue weighted by atomic mass is 10.0. The first-order valence-electron chi connectivity index (χ1n) is 5.41. The van der Waals surface area contributed by atoms with E-state index in [9.17, 15) is 9.59 Å². The number of ketones is 1. The minimum Gasteiger partial charge on any atom is -0.302 e. The fraction of sp³-hybridized carbons (Fsp3) is 0.545. The SMILES string of the molecule is CC(C)C(=O)Nc1nc2c(s1)C(=O)CCC2. The summed E-state index contributed by atoms with van der Waals surface area (Å²) in [7, 11) is 0. The molecule has 1 aliphatic carbocycles. The van der Waals surface area contributed by atoms with Crippen LogP contribution in [0.15, 0.2) is 0 Å². The van der Waals surface area contributed by atoms with Crippen LogP contribution in [0.4, 0.5) is 5.13 Å². The molecule has 0 aromatic carbocycles. The van der Waals surface area contributed by atoms with E-state index in [0.717, 1.165) is 23.4 Å². The third kappa shape index (κ3) is 2.14. The van der Waals surface area contributed by atoms with Gasteiger partial charge in [0.25, 0.3) is 0 Å². The fourth-order valence-electron chi connectivity index (χ4n) is 1.57. The first-order chi connectivity index (χ1) is 7.58. The topological polar surface area (TPSA) is 59.1 Å². The molecule has 2 rings (SSSR count). The van der Waals surface area contributed by atoms with Crippen LogP contribution >= 0.6 is 11.3 Å². The van der Waals surface area contributed by atoms with Crippen molar-refractivity contribution in [3.8, 4) is 0 Å². The molecule has 0 atom stereocenters. The summed E-state index contributed by atoms with van der Waals surface area (Å²) in [6.45, 7) is 3.65.